The van der Waals surface area contributed by atoms with E-state index in [4.69, 9.17) is 5.73 Å². The summed E-state index contributed by atoms with van der Waals surface area (Å²) in [4.78, 5) is 2.81. The highest BCUT2D eigenvalue weighted by molar-refractivity contribution is 5.20. The van der Waals surface area contributed by atoms with Crippen molar-refractivity contribution in [3.05, 3.63) is 0 Å². The molecule has 0 aromatic heterocycles. The van der Waals surface area contributed by atoms with E-state index in [-0.39, 0.29) is 38.9 Å². The normalized spacial score (nSPS) is 16.8. The zero-order valence-corrected chi connectivity index (χ0v) is 21.5. The fraction of sp³-hybridized carbons (Fsp3) is 1.00. The van der Waals surface area contributed by atoms with Crippen LogP contribution in [0.25, 0.3) is 0 Å². The van der Waals surface area contributed by atoms with Crippen LogP contribution in [0.3, 0.4) is 0 Å². The van der Waals surface area contributed by atoms with Crippen molar-refractivity contribution >= 4 is 0 Å². The molecule has 0 aliphatic heterocycles. The zero-order valence-electron chi connectivity index (χ0n) is 21.5. The third-order valence-corrected chi connectivity index (χ3v) is 5.76. The molecule has 3 N–H and O–H groups in total. The first-order valence-corrected chi connectivity index (χ1v) is 10.8. The lowest BCUT2D eigenvalue weighted by atomic mass is 9.50. The number of nitrogens with zero attached hydrogens (tertiary/aromatic N) is 1. The van der Waals surface area contributed by atoms with Crippen molar-refractivity contribution in [2.75, 3.05) is 13.1 Å². The molecule has 3 heteroatoms. The van der Waals surface area contributed by atoms with Gasteiger partial charge in [0.25, 0.3) is 0 Å². The first-order valence-electron chi connectivity index (χ1n) is 10.8. The molecule has 0 spiro atoms. The smallest absolute Gasteiger partial charge is 0.0474 e. The average molecular weight is 384 g/mol. The van der Waals surface area contributed by atoms with Gasteiger partial charge in [-0.2, -0.15) is 0 Å². The highest BCUT2D eigenvalue weighted by Crippen LogP contribution is 2.57. The minimum Gasteiger partial charge on any atom is -0.329 e. The third-order valence-electron chi connectivity index (χ3n) is 5.76. The molecular weight excluding hydrogens is 330 g/mol. The molecule has 0 bridgehead atoms. The first-order chi connectivity index (χ1) is 11.6. The van der Waals surface area contributed by atoms with Gasteiger partial charge in [0.05, 0.1) is 0 Å². The van der Waals surface area contributed by atoms with E-state index in [1.165, 1.54) is 0 Å². The second-order valence-corrected chi connectivity index (χ2v) is 13.5. The van der Waals surface area contributed by atoms with E-state index < -0.39 is 0 Å². The topological polar surface area (TPSA) is 41.3 Å². The predicted molar refractivity (Wildman–Crippen MR) is 123 cm³/mol. The Morgan fingerprint density at radius 3 is 1.19 bits per heavy atom. The molecule has 0 aromatic rings. The Balaban J connectivity index is 7.37. The molecule has 0 aliphatic rings. The van der Waals surface area contributed by atoms with E-state index in [2.05, 4.69) is 114 Å². The Kier molecular flexibility index (Phi) is 7.92. The molecule has 0 aliphatic carbocycles. The molecule has 0 saturated carbocycles. The molecule has 0 radical (unpaired) electrons. The third kappa shape index (κ3) is 5.48. The SMILES string of the molecule is CC(C)(C)C(NCCN)C(N(C(C)(C)C)C(C)(C)C)(C(C)(C)C)C(C)(C)C. The summed E-state index contributed by atoms with van der Waals surface area (Å²) in [6, 6.07) is 0.270. The monoisotopic (exact) mass is 383 g/mol. The van der Waals surface area contributed by atoms with Gasteiger partial charge in [0, 0.05) is 35.7 Å². The van der Waals surface area contributed by atoms with Crippen molar-refractivity contribution < 1.29 is 0 Å². The molecule has 0 rings (SSSR count). The van der Waals surface area contributed by atoms with E-state index in [0.717, 1.165) is 6.54 Å². The molecule has 164 valence electrons. The van der Waals surface area contributed by atoms with Crippen LogP contribution in [0.2, 0.25) is 0 Å². The molecule has 0 aromatic carbocycles. The summed E-state index contributed by atoms with van der Waals surface area (Å²) >= 11 is 0. The predicted octanol–water partition coefficient (Wildman–Crippen LogP) is 5.68. The lowest BCUT2D eigenvalue weighted by Crippen LogP contribution is -2.81. The van der Waals surface area contributed by atoms with Crippen molar-refractivity contribution in [2.24, 2.45) is 22.0 Å². The van der Waals surface area contributed by atoms with Crippen molar-refractivity contribution in [2.45, 2.75) is 127 Å². The summed E-state index contributed by atoms with van der Waals surface area (Å²) < 4.78 is 0. The Bertz CT molecular complexity index is 430. The maximum atomic E-state index is 5.95. The van der Waals surface area contributed by atoms with Crippen LogP contribution in [0, 0.1) is 16.2 Å². The maximum absolute atomic E-state index is 5.95. The Morgan fingerprint density at radius 2 is 1.00 bits per heavy atom. The molecule has 27 heavy (non-hydrogen) atoms. The fourth-order valence-electron chi connectivity index (χ4n) is 6.16. The number of hydrogen-bond acceptors (Lipinski definition) is 3. The number of nitrogens with one attached hydrogen (secondary N) is 1. The molecule has 1 atom stereocenters. The quantitative estimate of drug-likeness (QED) is 0.641. The van der Waals surface area contributed by atoms with E-state index in [1.807, 2.05) is 0 Å². The van der Waals surface area contributed by atoms with Crippen LogP contribution in [0.4, 0.5) is 0 Å². The Morgan fingerprint density at radius 1 is 0.667 bits per heavy atom. The minimum atomic E-state index is -0.121. The van der Waals surface area contributed by atoms with Crippen LogP contribution in [0.15, 0.2) is 0 Å². The highest BCUT2D eigenvalue weighted by atomic mass is 15.3. The Hall–Kier alpha value is -0.120. The standard InChI is InChI=1S/C24H53N3/c1-19(2,3)18(26-17-16-25)24(20(4,5)6,21(7,8)9)27(22(10,11)12)23(13,14)15/h18,26H,16-17,25H2,1-15H3. The van der Waals surface area contributed by atoms with Crippen LogP contribution < -0.4 is 11.1 Å². The van der Waals surface area contributed by atoms with Crippen molar-refractivity contribution in [1.29, 1.82) is 0 Å². The van der Waals surface area contributed by atoms with Gasteiger partial charge in [-0.15, -0.1) is 0 Å². The van der Waals surface area contributed by atoms with Crippen molar-refractivity contribution in [3.63, 3.8) is 0 Å². The van der Waals surface area contributed by atoms with Gasteiger partial charge in [-0.3, -0.25) is 4.90 Å². The number of rotatable bonds is 5. The van der Waals surface area contributed by atoms with Gasteiger partial charge in [0.2, 0.25) is 0 Å². The van der Waals surface area contributed by atoms with Gasteiger partial charge in [-0.25, -0.2) is 0 Å². The van der Waals surface area contributed by atoms with Crippen LogP contribution in [-0.2, 0) is 0 Å². The van der Waals surface area contributed by atoms with Gasteiger partial charge in [0.1, 0.15) is 0 Å². The van der Waals surface area contributed by atoms with Crippen LogP contribution in [0.5, 0.6) is 0 Å². The van der Waals surface area contributed by atoms with Crippen molar-refractivity contribution in [1.82, 2.24) is 10.2 Å². The average Bonchev–Trinajstić information content (AvgIpc) is 2.29. The van der Waals surface area contributed by atoms with Crippen LogP contribution >= 0.6 is 0 Å². The van der Waals surface area contributed by atoms with Crippen LogP contribution in [0.1, 0.15) is 104 Å². The molecule has 0 fully saturated rings. The molecule has 3 nitrogen and oxygen atoms in total. The minimum absolute atomic E-state index is 0.00665. The van der Waals surface area contributed by atoms with E-state index >= 15 is 0 Å². The molecule has 0 amide bonds. The largest absolute Gasteiger partial charge is 0.329 e. The number of nitrogens with two attached hydrogens (primary N) is 1. The molecular formula is C24H53N3. The highest BCUT2D eigenvalue weighted by Gasteiger charge is 2.64. The summed E-state index contributed by atoms with van der Waals surface area (Å²) in [5, 5.41) is 3.92. The summed E-state index contributed by atoms with van der Waals surface area (Å²) in [5.74, 6) is 0. The molecule has 0 heterocycles. The van der Waals surface area contributed by atoms with E-state index in [1.54, 1.807) is 0 Å². The summed E-state index contributed by atoms with van der Waals surface area (Å²) in [6.07, 6.45) is 0. The fourth-order valence-corrected chi connectivity index (χ4v) is 6.16. The van der Waals surface area contributed by atoms with Gasteiger partial charge >= 0.3 is 0 Å². The van der Waals surface area contributed by atoms with Gasteiger partial charge in [0.15, 0.2) is 0 Å². The lowest BCUT2D eigenvalue weighted by Gasteiger charge is -2.71. The maximum Gasteiger partial charge on any atom is 0.0474 e. The van der Waals surface area contributed by atoms with Gasteiger partial charge in [-0.1, -0.05) is 62.3 Å². The first kappa shape index (κ1) is 26.9. The summed E-state index contributed by atoms with van der Waals surface area (Å²) in [7, 11) is 0. The van der Waals surface area contributed by atoms with E-state index in [9.17, 15) is 0 Å². The second kappa shape index (κ2) is 7.95. The van der Waals surface area contributed by atoms with Crippen LogP contribution in [-0.4, -0.2) is 40.6 Å². The summed E-state index contributed by atoms with van der Waals surface area (Å²) in [5.41, 5.74) is 5.99. The Labute approximate surface area is 172 Å². The molecule has 1 unspecified atom stereocenters. The second-order valence-electron chi connectivity index (χ2n) is 13.5. The molecule has 0 saturated heterocycles. The number of hydrogen-bond donors (Lipinski definition) is 2. The van der Waals surface area contributed by atoms with Gasteiger partial charge in [-0.05, 0) is 57.8 Å². The summed E-state index contributed by atoms with van der Waals surface area (Å²) in [6.45, 7) is 37.3. The van der Waals surface area contributed by atoms with E-state index in [0.29, 0.717) is 6.54 Å². The zero-order chi connectivity index (χ0) is 22.3. The van der Waals surface area contributed by atoms with Gasteiger partial charge < -0.3 is 11.1 Å². The van der Waals surface area contributed by atoms with Crippen molar-refractivity contribution in [3.8, 4) is 0 Å². The lowest BCUT2D eigenvalue weighted by molar-refractivity contribution is -0.200.